The van der Waals surface area contributed by atoms with E-state index in [4.69, 9.17) is 0 Å². The Balaban J connectivity index is 1.70. The van der Waals surface area contributed by atoms with E-state index in [0.717, 1.165) is 18.5 Å². The number of hydrogen-bond acceptors (Lipinski definition) is 3. The third-order valence-corrected chi connectivity index (χ3v) is 4.88. The normalized spacial score (nSPS) is 11.4. The lowest BCUT2D eigenvalue weighted by Crippen LogP contribution is -2.35. The molecule has 0 saturated heterocycles. The number of aromatic nitrogens is 2. The molecule has 0 unspecified atom stereocenters. The van der Waals surface area contributed by atoms with Crippen LogP contribution >= 0.6 is 0 Å². The molecule has 0 radical (unpaired) electrons. The van der Waals surface area contributed by atoms with Crippen molar-refractivity contribution in [3.05, 3.63) is 95.7 Å². The predicted octanol–water partition coefficient (Wildman–Crippen LogP) is 3.98. The van der Waals surface area contributed by atoms with Crippen molar-refractivity contribution in [1.82, 2.24) is 20.2 Å². The molecule has 0 atom stereocenters. The van der Waals surface area contributed by atoms with Gasteiger partial charge in [0.05, 0.1) is 6.33 Å². The second-order valence-electron chi connectivity index (χ2n) is 7.61. The molecule has 0 aliphatic carbocycles. The van der Waals surface area contributed by atoms with Crippen molar-refractivity contribution in [2.45, 2.75) is 32.7 Å². The second kappa shape index (κ2) is 10.9. The molecule has 0 fully saturated rings. The highest BCUT2D eigenvalue weighted by molar-refractivity contribution is 6.05. The van der Waals surface area contributed by atoms with Crippen LogP contribution in [0.4, 0.5) is 0 Å². The summed E-state index contributed by atoms with van der Waals surface area (Å²) >= 11 is 0. The Morgan fingerprint density at radius 2 is 1.81 bits per heavy atom. The highest BCUT2D eigenvalue weighted by atomic mass is 16.2. The predicted molar refractivity (Wildman–Crippen MR) is 122 cm³/mol. The van der Waals surface area contributed by atoms with Crippen molar-refractivity contribution >= 4 is 17.9 Å². The minimum absolute atomic E-state index is 0.216. The van der Waals surface area contributed by atoms with Crippen molar-refractivity contribution in [1.29, 1.82) is 0 Å². The number of carbonyl (C=O) groups excluding carboxylic acids is 2. The molecule has 1 aromatic heterocycles. The highest BCUT2D eigenvalue weighted by Gasteiger charge is 2.14. The molecule has 6 nitrogen and oxygen atoms in total. The standard InChI is InChI=1S/C25H28N4O2/c1-19(2)21-11-9-20(10-12-21)17-23(28-24(30)22-7-4-3-5-8-22)25(31)27-13-6-15-29-16-14-26-18-29/h3-5,7-12,14,16-19H,6,13,15H2,1-2H3,(H,27,31)(H,28,30)/b23-17+. The summed E-state index contributed by atoms with van der Waals surface area (Å²) in [7, 11) is 0. The van der Waals surface area contributed by atoms with E-state index < -0.39 is 0 Å². The number of hydrogen-bond donors (Lipinski definition) is 2. The summed E-state index contributed by atoms with van der Waals surface area (Å²) in [6.45, 7) is 5.51. The molecule has 2 N–H and O–H groups in total. The van der Waals surface area contributed by atoms with Gasteiger partial charge < -0.3 is 15.2 Å². The minimum Gasteiger partial charge on any atom is -0.351 e. The van der Waals surface area contributed by atoms with Gasteiger partial charge in [0.25, 0.3) is 11.8 Å². The maximum atomic E-state index is 12.8. The second-order valence-corrected chi connectivity index (χ2v) is 7.61. The fourth-order valence-corrected chi connectivity index (χ4v) is 3.06. The molecule has 1 heterocycles. The van der Waals surface area contributed by atoms with E-state index in [9.17, 15) is 9.59 Å². The third-order valence-electron chi connectivity index (χ3n) is 4.88. The number of amides is 2. The summed E-state index contributed by atoms with van der Waals surface area (Å²) in [4.78, 5) is 29.5. The Morgan fingerprint density at radius 3 is 2.45 bits per heavy atom. The lowest BCUT2D eigenvalue weighted by Gasteiger charge is -2.12. The fourth-order valence-electron chi connectivity index (χ4n) is 3.06. The number of aryl methyl sites for hydroxylation is 1. The van der Waals surface area contributed by atoms with Crippen LogP contribution in [0.2, 0.25) is 0 Å². The van der Waals surface area contributed by atoms with E-state index >= 15 is 0 Å². The molecule has 0 spiro atoms. The van der Waals surface area contributed by atoms with Crippen molar-refractivity contribution < 1.29 is 9.59 Å². The first kappa shape index (κ1) is 22.0. The van der Waals surface area contributed by atoms with Crippen molar-refractivity contribution in [2.24, 2.45) is 0 Å². The monoisotopic (exact) mass is 416 g/mol. The molecule has 2 aromatic carbocycles. The van der Waals surface area contributed by atoms with Gasteiger partial charge in [0.2, 0.25) is 0 Å². The van der Waals surface area contributed by atoms with E-state index in [2.05, 4.69) is 29.5 Å². The molecule has 6 heteroatoms. The first-order valence-electron chi connectivity index (χ1n) is 10.4. The number of nitrogens with one attached hydrogen (secondary N) is 2. The fraction of sp³-hybridized carbons (Fsp3) is 0.240. The quantitative estimate of drug-likeness (QED) is 0.409. The number of carbonyl (C=O) groups is 2. The summed E-state index contributed by atoms with van der Waals surface area (Å²) in [5, 5.41) is 5.66. The summed E-state index contributed by atoms with van der Waals surface area (Å²) < 4.78 is 1.95. The van der Waals surface area contributed by atoms with Gasteiger partial charge in [-0.25, -0.2) is 4.98 Å². The van der Waals surface area contributed by atoms with Crippen LogP contribution in [0.5, 0.6) is 0 Å². The maximum Gasteiger partial charge on any atom is 0.267 e. The van der Waals surface area contributed by atoms with Crippen LogP contribution in [0.1, 0.15) is 47.7 Å². The molecular formula is C25H28N4O2. The lowest BCUT2D eigenvalue weighted by atomic mass is 10.0. The molecule has 160 valence electrons. The highest BCUT2D eigenvalue weighted by Crippen LogP contribution is 2.16. The van der Waals surface area contributed by atoms with Gasteiger partial charge in [0.1, 0.15) is 5.70 Å². The van der Waals surface area contributed by atoms with Gasteiger partial charge in [0.15, 0.2) is 0 Å². The Kier molecular flexibility index (Phi) is 7.76. The summed E-state index contributed by atoms with van der Waals surface area (Å²) in [6, 6.07) is 16.8. The number of nitrogens with zero attached hydrogens (tertiary/aromatic N) is 2. The average Bonchev–Trinajstić information content (AvgIpc) is 3.30. The zero-order valence-corrected chi connectivity index (χ0v) is 17.9. The number of rotatable bonds is 9. The smallest absolute Gasteiger partial charge is 0.267 e. The van der Waals surface area contributed by atoms with E-state index in [-0.39, 0.29) is 17.5 Å². The number of benzene rings is 2. The van der Waals surface area contributed by atoms with Crippen molar-refractivity contribution in [3.8, 4) is 0 Å². The average molecular weight is 417 g/mol. The van der Waals surface area contributed by atoms with Crippen LogP contribution in [0.3, 0.4) is 0 Å². The van der Waals surface area contributed by atoms with Gasteiger partial charge >= 0.3 is 0 Å². The van der Waals surface area contributed by atoms with E-state index in [1.807, 2.05) is 41.1 Å². The van der Waals surface area contributed by atoms with Crippen LogP contribution in [0.25, 0.3) is 6.08 Å². The maximum absolute atomic E-state index is 12.8. The molecule has 0 aliphatic heterocycles. The van der Waals surface area contributed by atoms with E-state index in [1.54, 1.807) is 42.9 Å². The van der Waals surface area contributed by atoms with Gasteiger partial charge in [-0.05, 0) is 41.7 Å². The van der Waals surface area contributed by atoms with Gasteiger partial charge in [-0.15, -0.1) is 0 Å². The van der Waals surface area contributed by atoms with Crippen LogP contribution in [-0.4, -0.2) is 27.9 Å². The number of imidazole rings is 1. The minimum atomic E-state index is -0.320. The topological polar surface area (TPSA) is 76.0 Å². The Morgan fingerprint density at radius 1 is 1.06 bits per heavy atom. The molecule has 0 aliphatic rings. The van der Waals surface area contributed by atoms with Crippen LogP contribution < -0.4 is 10.6 Å². The molecule has 0 bridgehead atoms. The molecule has 31 heavy (non-hydrogen) atoms. The lowest BCUT2D eigenvalue weighted by molar-refractivity contribution is -0.117. The van der Waals surface area contributed by atoms with Crippen LogP contribution in [0, 0.1) is 0 Å². The van der Waals surface area contributed by atoms with Gasteiger partial charge in [-0.2, -0.15) is 0 Å². The zero-order chi connectivity index (χ0) is 22.1. The van der Waals surface area contributed by atoms with Gasteiger partial charge in [-0.1, -0.05) is 56.3 Å². The summed E-state index contributed by atoms with van der Waals surface area (Å²) in [5.74, 6) is -0.212. The third kappa shape index (κ3) is 6.67. The summed E-state index contributed by atoms with van der Waals surface area (Å²) in [5.41, 5.74) is 2.78. The van der Waals surface area contributed by atoms with Crippen molar-refractivity contribution in [2.75, 3.05) is 6.54 Å². The van der Waals surface area contributed by atoms with Crippen molar-refractivity contribution in [3.63, 3.8) is 0 Å². The zero-order valence-electron chi connectivity index (χ0n) is 17.9. The molecule has 3 aromatic rings. The van der Waals surface area contributed by atoms with Gasteiger partial charge in [0, 0.05) is 31.0 Å². The molecular weight excluding hydrogens is 388 g/mol. The molecule has 2 amide bonds. The van der Waals surface area contributed by atoms with E-state index in [1.165, 1.54) is 5.56 Å². The largest absolute Gasteiger partial charge is 0.351 e. The molecule has 3 rings (SSSR count). The van der Waals surface area contributed by atoms with E-state index in [0.29, 0.717) is 18.0 Å². The first-order chi connectivity index (χ1) is 15.0. The van der Waals surface area contributed by atoms with Gasteiger partial charge in [-0.3, -0.25) is 9.59 Å². The molecule has 0 saturated carbocycles. The Labute approximate surface area is 183 Å². The first-order valence-corrected chi connectivity index (χ1v) is 10.4. The van der Waals surface area contributed by atoms with Crippen LogP contribution in [-0.2, 0) is 11.3 Å². The SMILES string of the molecule is CC(C)c1ccc(/C=C(/NC(=O)c2ccccc2)C(=O)NCCCn2ccnc2)cc1. The van der Waals surface area contributed by atoms with Crippen LogP contribution in [0.15, 0.2) is 79.0 Å². The Bertz CT molecular complexity index is 1010. The Hall–Kier alpha value is -3.67. The summed E-state index contributed by atoms with van der Waals surface area (Å²) in [6.07, 6.45) is 7.81.